The average molecular weight is 454 g/mol. The summed E-state index contributed by atoms with van der Waals surface area (Å²) in [6.45, 7) is 3.18. The van der Waals surface area contributed by atoms with Crippen molar-refractivity contribution in [1.82, 2.24) is 14.7 Å². The van der Waals surface area contributed by atoms with Crippen molar-refractivity contribution in [2.24, 2.45) is 7.05 Å². The molecule has 0 aliphatic carbocycles. The van der Waals surface area contributed by atoms with Crippen LogP contribution in [0.25, 0.3) is 22.0 Å². The second-order valence-corrected chi connectivity index (χ2v) is 9.09. The number of carbonyl (C=O) groups excluding carboxylic acids is 1. The van der Waals surface area contributed by atoms with Crippen LogP contribution in [0.15, 0.2) is 60.8 Å². The molecule has 0 spiro atoms. The van der Waals surface area contributed by atoms with Gasteiger partial charge in [-0.05, 0) is 41.3 Å². The minimum Gasteiger partial charge on any atom is -0.363 e. The maximum Gasteiger partial charge on any atom is 0.282 e. The van der Waals surface area contributed by atoms with E-state index in [2.05, 4.69) is 5.10 Å². The fraction of sp³-hybridized carbons (Fsp3) is 0.231. The number of nitrogens with zero attached hydrogens (tertiary/aromatic N) is 4. The zero-order chi connectivity index (χ0) is 23.6. The first kappa shape index (κ1) is 20.6. The molecule has 2 aliphatic heterocycles. The third kappa shape index (κ3) is 3.10. The van der Waals surface area contributed by atoms with Crippen LogP contribution in [-0.2, 0) is 23.9 Å². The first-order chi connectivity index (χ1) is 16.4. The number of carbonyl (C=O) groups is 1. The van der Waals surface area contributed by atoms with Crippen molar-refractivity contribution in [1.29, 1.82) is 0 Å². The van der Waals surface area contributed by atoms with Crippen LogP contribution < -0.4 is 0 Å². The van der Waals surface area contributed by atoms with Gasteiger partial charge in [-0.3, -0.25) is 19.6 Å². The van der Waals surface area contributed by atoms with Crippen LogP contribution in [0.1, 0.15) is 27.0 Å². The van der Waals surface area contributed by atoms with Crippen molar-refractivity contribution in [3.8, 4) is 11.1 Å². The SMILES string of the molecule is Cc1ccc(C2(CN3Cc4c(-c5ccc6cnn(C)c6c5)ccc([N+](=O)[O-])c4C3=O)CO2)cc1. The van der Waals surface area contributed by atoms with E-state index in [-0.39, 0.29) is 17.2 Å². The Morgan fingerprint density at radius 3 is 2.62 bits per heavy atom. The van der Waals surface area contributed by atoms with E-state index >= 15 is 0 Å². The van der Waals surface area contributed by atoms with Crippen molar-refractivity contribution >= 4 is 22.5 Å². The first-order valence-corrected chi connectivity index (χ1v) is 11.1. The second-order valence-electron chi connectivity index (χ2n) is 9.09. The summed E-state index contributed by atoms with van der Waals surface area (Å²) in [6, 6.07) is 17.2. The van der Waals surface area contributed by atoms with Crippen LogP contribution in [0.5, 0.6) is 0 Å². The van der Waals surface area contributed by atoms with Crippen molar-refractivity contribution in [2.45, 2.75) is 19.1 Å². The van der Waals surface area contributed by atoms with Crippen LogP contribution >= 0.6 is 0 Å². The van der Waals surface area contributed by atoms with Crippen LogP contribution in [0, 0.1) is 17.0 Å². The molecule has 0 bridgehead atoms. The Bertz CT molecular complexity index is 1480. The zero-order valence-electron chi connectivity index (χ0n) is 18.8. The molecule has 8 nitrogen and oxygen atoms in total. The van der Waals surface area contributed by atoms with Crippen LogP contribution in [0.2, 0.25) is 0 Å². The quantitative estimate of drug-likeness (QED) is 0.254. The van der Waals surface area contributed by atoms with Crippen molar-refractivity contribution < 1.29 is 14.5 Å². The lowest BCUT2D eigenvalue weighted by Gasteiger charge is -2.21. The summed E-state index contributed by atoms with van der Waals surface area (Å²) in [4.78, 5) is 26.5. The molecule has 6 rings (SSSR count). The van der Waals surface area contributed by atoms with Gasteiger partial charge >= 0.3 is 0 Å². The van der Waals surface area contributed by atoms with E-state index in [0.717, 1.165) is 33.2 Å². The number of rotatable bonds is 5. The Hall–Kier alpha value is -4.04. The highest BCUT2D eigenvalue weighted by molar-refractivity contribution is 6.04. The maximum absolute atomic E-state index is 13.5. The number of hydrogen-bond acceptors (Lipinski definition) is 5. The van der Waals surface area contributed by atoms with Gasteiger partial charge in [0, 0.05) is 25.0 Å². The van der Waals surface area contributed by atoms with E-state index in [4.69, 9.17) is 4.74 Å². The number of aromatic nitrogens is 2. The molecule has 4 aromatic rings. The molecule has 0 N–H and O–H groups in total. The Morgan fingerprint density at radius 1 is 1.15 bits per heavy atom. The standard InChI is InChI=1S/C26H22N4O4/c1-16-3-7-19(8-4-16)26(15-34-26)14-29-13-21-20(9-10-22(30(32)33)24(21)25(29)31)17-5-6-18-12-27-28(2)23(18)11-17/h3-12H,13-15H2,1-2H3. The minimum absolute atomic E-state index is 0.158. The molecule has 1 saturated heterocycles. The number of nitro benzene ring substituents is 1. The number of ether oxygens (including phenoxy) is 1. The Balaban J connectivity index is 1.41. The number of amides is 1. The van der Waals surface area contributed by atoms with E-state index in [0.29, 0.717) is 25.3 Å². The Labute approximate surface area is 195 Å². The Kier molecular flexibility index (Phi) is 4.37. The van der Waals surface area contributed by atoms with Gasteiger partial charge in [-0.25, -0.2) is 0 Å². The van der Waals surface area contributed by atoms with Crippen LogP contribution in [-0.4, -0.2) is 38.7 Å². The number of benzene rings is 3. The molecule has 3 heterocycles. The van der Waals surface area contributed by atoms with Crippen LogP contribution in [0.4, 0.5) is 5.69 Å². The highest BCUT2D eigenvalue weighted by Gasteiger charge is 2.50. The molecule has 1 aromatic heterocycles. The largest absolute Gasteiger partial charge is 0.363 e. The summed E-state index contributed by atoms with van der Waals surface area (Å²) in [6.07, 6.45) is 1.80. The average Bonchev–Trinajstić information content (AvgIpc) is 3.42. The normalized spacial score (nSPS) is 19.0. The summed E-state index contributed by atoms with van der Waals surface area (Å²) in [5.74, 6) is -0.327. The van der Waals surface area contributed by atoms with Crippen molar-refractivity contribution in [3.05, 3.63) is 93.2 Å². The molecule has 3 aromatic carbocycles. The molecular formula is C26H22N4O4. The molecular weight excluding hydrogens is 432 g/mol. The monoisotopic (exact) mass is 454 g/mol. The molecule has 1 fully saturated rings. The topological polar surface area (TPSA) is 93.8 Å². The smallest absolute Gasteiger partial charge is 0.282 e. The van der Waals surface area contributed by atoms with E-state index in [1.807, 2.05) is 56.4 Å². The first-order valence-electron chi connectivity index (χ1n) is 11.1. The minimum atomic E-state index is -0.562. The van der Waals surface area contributed by atoms with Gasteiger partial charge < -0.3 is 9.64 Å². The second kappa shape index (κ2) is 7.23. The number of nitro groups is 1. The highest BCUT2D eigenvalue weighted by Crippen LogP contribution is 2.44. The molecule has 1 amide bonds. The third-order valence-corrected chi connectivity index (χ3v) is 6.91. The molecule has 2 aliphatic rings. The van der Waals surface area contributed by atoms with E-state index in [1.54, 1.807) is 21.8 Å². The fourth-order valence-electron chi connectivity index (χ4n) is 4.92. The summed E-state index contributed by atoms with van der Waals surface area (Å²) in [5, 5.41) is 17.1. The van der Waals surface area contributed by atoms with Gasteiger partial charge in [0.15, 0.2) is 0 Å². The lowest BCUT2D eigenvalue weighted by atomic mass is 9.95. The molecule has 1 atom stereocenters. The van der Waals surface area contributed by atoms with Gasteiger partial charge in [0.05, 0.1) is 29.8 Å². The number of fused-ring (bicyclic) bond motifs is 2. The van der Waals surface area contributed by atoms with Gasteiger partial charge in [-0.2, -0.15) is 5.10 Å². The van der Waals surface area contributed by atoms with E-state index in [1.165, 1.54) is 6.07 Å². The van der Waals surface area contributed by atoms with Crippen molar-refractivity contribution in [3.63, 3.8) is 0 Å². The maximum atomic E-state index is 13.5. The lowest BCUT2D eigenvalue weighted by Crippen LogP contribution is -2.33. The summed E-state index contributed by atoms with van der Waals surface area (Å²) < 4.78 is 7.63. The summed E-state index contributed by atoms with van der Waals surface area (Å²) >= 11 is 0. The number of epoxide rings is 1. The molecule has 170 valence electrons. The van der Waals surface area contributed by atoms with Gasteiger partial charge in [0.25, 0.3) is 11.6 Å². The summed E-state index contributed by atoms with van der Waals surface area (Å²) in [7, 11) is 1.87. The Morgan fingerprint density at radius 2 is 1.91 bits per heavy atom. The third-order valence-electron chi connectivity index (χ3n) is 6.91. The van der Waals surface area contributed by atoms with Crippen LogP contribution in [0.3, 0.4) is 0 Å². The predicted octanol–water partition coefficient (Wildman–Crippen LogP) is 4.34. The van der Waals surface area contributed by atoms with E-state index in [9.17, 15) is 14.9 Å². The van der Waals surface area contributed by atoms with Gasteiger partial charge in [0.1, 0.15) is 11.2 Å². The molecule has 34 heavy (non-hydrogen) atoms. The highest BCUT2D eigenvalue weighted by atomic mass is 16.6. The molecule has 0 saturated carbocycles. The van der Waals surface area contributed by atoms with E-state index < -0.39 is 10.5 Å². The number of aryl methyl sites for hydroxylation is 2. The lowest BCUT2D eigenvalue weighted by molar-refractivity contribution is -0.385. The van der Waals surface area contributed by atoms with Gasteiger partial charge in [-0.1, -0.05) is 42.0 Å². The number of hydrogen-bond donors (Lipinski definition) is 0. The van der Waals surface area contributed by atoms with Gasteiger partial charge in [0.2, 0.25) is 0 Å². The van der Waals surface area contributed by atoms with Gasteiger partial charge in [-0.15, -0.1) is 0 Å². The zero-order valence-corrected chi connectivity index (χ0v) is 18.8. The molecule has 0 radical (unpaired) electrons. The molecule has 1 unspecified atom stereocenters. The predicted molar refractivity (Wildman–Crippen MR) is 126 cm³/mol. The summed E-state index contributed by atoms with van der Waals surface area (Å²) in [5.41, 5.74) is 4.97. The fourth-order valence-corrected chi connectivity index (χ4v) is 4.92. The van der Waals surface area contributed by atoms with Crippen molar-refractivity contribution in [2.75, 3.05) is 13.2 Å². The molecule has 8 heteroatoms.